The van der Waals surface area contributed by atoms with Crippen LogP contribution in [0.5, 0.6) is 0 Å². The number of methoxy groups -OCH3 is 1. The largest absolute Gasteiger partial charge is 0.468 e. The third-order valence-corrected chi connectivity index (χ3v) is 2.05. The summed E-state index contributed by atoms with van der Waals surface area (Å²) in [7, 11) is 1.38. The minimum absolute atomic E-state index is 0. The van der Waals surface area contributed by atoms with Gasteiger partial charge in [0.2, 0.25) is 0 Å². The number of halogens is 1. The van der Waals surface area contributed by atoms with Crippen LogP contribution in [-0.4, -0.2) is 38.4 Å². The first kappa shape index (κ1) is 13.4. The molecule has 0 aromatic heterocycles. The van der Waals surface area contributed by atoms with Crippen LogP contribution in [0, 0.1) is 0 Å². The fourth-order valence-electron chi connectivity index (χ4n) is 1.41. The number of ether oxygens (including phenoxy) is 2. The molecule has 14 heavy (non-hydrogen) atoms. The number of esters is 1. The van der Waals surface area contributed by atoms with Gasteiger partial charge in [-0.1, -0.05) is 6.08 Å². The molecule has 0 radical (unpaired) electrons. The van der Waals surface area contributed by atoms with Gasteiger partial charge in [-0.3, -0.25) is 4.79 Å². The molecule has 0 saturated carbocycles. The third kappa shape index (κ3) is 3.29. The summed E-state index contributed by atoms with van der Waals surface area (Å²) in [5, 5.41) is 3.03. The summed E-state index contributed by atoms with van der Waals surface area (Å²) in [6.45, 7) is 4.82. The number of hydrogen-bond donors (Lipinski definition) is 1. The lowest BCUT2D eigenvalue weighted by molar-refractivity contribution is -0.145. The highest BCUT2D eigenvalue weighted by Gasteiger charge is 2.33. The van der Waals surface area contributed by atoms with Gasteiger partial charge in [0.1, 0.15) is 6.04 Å². The molecule has 5 heteroatoms. The first-order chi connectivity index (χ1) is 6.29. The molecule has 1 aliphatic heterocycles. The van der Waals surface area contributed by atoms with Gasteiger partial charge in [0.25, 0.3) is 0 Å². The zero-order chi connectivity index (χ0) is 9.68. The number of carbonyl (C=O) groups excluding carboxylic acids is 1. The normalized spacial score (nSPS) is 25.2. The highest BCUT2D eigenvalue weighted by molar-refractivity contribution is 5.85. The average molecular weight is 222 g/mol. The van der Waals surface area contributed by atoms with Gasteiger partial charge in [0, 0.05) is 0 Å². The van der Waals surface area contributed by atoms with Crippen LogP contribution < -0.4 is 5.32 Å². The molecule has 1 aliphatic rings. The maximum absolute atomic E-state index is 11.2. The molecular weight excluding hydrogens is 206 g/mol. The van der Waals surface area contributed by atoms with Crippen LogP contribution in [-0.2, 0) is 14.3 Å². The number of hydrogen-bond acceptors (Lipinski definition) is 4. The quantitative estimate of drug-likeness (QED) is 0.555. The minimum atomic E-state index is -0.315. The van der Waals surface area contributed by atoms with E-state index < -0.39 is 0 Å². The summed E-state index contributed by atoms with van der Waals surface area (Å²) in [6.07, 6.45) is 2.44. The van der Waals surface area contributed by atoms with Crippen LogP contribution in [0.1, 0.15) is 6.42 Å². The van der Waals surface area contributed by atoms with Gasteiger partial charge in [-0.25, -0.2) is 0 Å². The van der Waals surface area contributed by atoms with Crippen molar-refractivity contribution in [1.29, 1.82) is 0 Å². The molecule has 2 atom stereocenters. The predicted molar refractivity (Wildman–Crippen MR) is 55.6 cm³/mol. The van der Waals surface area contributed by atoms with Crippen molar-refractivity contribution < 1.29 is 14.3 Å². The predicted octanol–water partition coefficient (Wildman–Crippen LogP) is 0.514. The molecule has 0 aromatic carbocycles. The van der Waals surface area contributed by atoms with E-state index >= 15 is 0 Å². The standard InChI is InChI=1S/C9H15NO3.ClH/c1-3-6-13-7-4-5-10-8(7)9(11)12-2;/h3,7-8,10H,1,4-6H2,2H3;1H/t7-,8-;/m0./s1. The van der Waals surface area contributed by atoms with Crippen LogP contribution >= 0.6 is 12.4 Å². The maximum atomic E-state index is 11.2. The Labute approximate surface area is 90.1 Å². The summed E-state index contributed by atoms with van der Waals surface area (Å²) < 4.78 is 10.0. The fourth-order valence-corrected chi connectivity index (χ4v) is 1.41. The van der Waals surface area contributed by atoms with Gasteiger partial charge in [0.15, 0.2) is 0 Å². The van der Waals surface area contributed by atoms with Crippen LogP contribution in [0.4, 0.5) is 0 Å². The van der Waals surface area contributed by atoms with E-state index in [0.29, 0.717) is 6.61 Å². The van der Waals surface area contributed by atoms with Crippen molar-refractivity contribution >= 4 is 18.4 Å². The van der Waals surface area contributed by atoms with Gasteiger partial charge >= 0.3 is 5.97 Å². The second kappa shape index (κ2) is 6.81. The molecule has 1 rings (SSSR count). The Balaban J connectivity index is 0.00000169. The summed E-state index contributed by atoms with van der Waals surface area (Å²) in [4.78, 5) is 11.2. The molecule has 0 aliphatic carbocycles. The molecule has 1 saturated heterocycles. The number of carbonyl (C=O) groups is 1. The van der Waals surface area contributed by atoms with Gasteiger partial charge in [-0.05, 0) is 13.0 Å². The first-order valence-electron chi connectivity index (χ1n) is 4.33. The van der Waals surface area contributed by atoms with Gasteiger partial charge in [-0.15, -0.1) is 19.0 Å². The second-order valence-corrected chi connectivity index (χ2v) is 2.90. The van der Waals surface area contributed by atoms with Crippen LogP contribution in [0.2, 0.25) is 0 Å². The zero-order valence-corrected chi connectivity index (χ0v) is 9.01. The highest BCUT2D eigenvalue weighted by Crippen LogP contribution is 2.12. The molecule has 0 aromatic rings. The van der Waals surface area contributed by atoms with E-state index in [2.05, 4.69) is 16.6 Å². The van der Waals surface area contributed by atoms with Crippen molar-refractivity contribution in [2.75, 3.05) is 20.3 Å². The van der Waals surface area contributed by atoms with Crippen molar-refractivity contribution in [3.8, 4) is 0 Å². The highest BCUT2D eigenvalue weighted by atomic mass is 35.5. The molecule has 1 N–H and O–H groups in total. The molecule has 0 bridgehead atoms. The Hall–Kier alpha value is -0.580. The van der Waals surface area contributed by atoms with Gasteiger partial charge in [-0.2, -0.15) is 0 Å². The van der Waals surface area contributed by atoms with E-state index in [9.17, 15) is 4.79 Å². The summed E-state index contributed by atoms with van der Waals surface area (Å²) in [5.41, 5.74) is 0. The van der Waals surface area contributed by atoms with Gasteiger partial charge in [0.05, 0.1) is 19.8 Å². The summed E-state index contributed by atoms with van der Waals surface area (Å²) in [5.74, 6) is -0.258. The van der Waals surface area contributed by atoms with E-state index in [4.69, 9.17) is 4.74 Å². The monoisotopic (exact) mass is 221 g/mol. The van der Waals surface area contributed by atoms with Crippen molar-refractivity contribution in [3.05, 3.63) is 12.7 Å². The van der Waals surface area contributed by atoms with Crippen LogP contribution in [0.3, 0.4) is 0 Å². The van der Waals surface area contributed by atoms with Gasteiger partial charge < -0.3 is 14.8 Å². The third-order valence-electron chi connectivity index (χ3n) is 2.05. The molecule has 1 heterocycles. The summed E-state index contributed by atoms with van der Waals surface area (Å²) >= 11 is 0. The lowest BCUT2D eigenvalue weighted by atomic mass is 10.2. The van der Waals surface area contributed by atoms with E-state index in [1.807, 2.05) is 0 Å². The van der Waals surface area contributed by atoms with E-state index in [1.54, 1.807) is 6.08 Å². The second-order valence-electron chi connectivity index (χ2n) is 2.90. The van der Waals surface area contributed by atoms with E-state index in [1.165, 1.54) is 7.11 Å². The van der Waals surface area contributed by atoms with Crippen molar-refractivity contribution in [2.45, 2.75) is 18.6 Å². The van der Waals surface area contributed by atoms with Crippen molar-refractivity contribution in [1.82, 2.24) is 5.32 Å². The minimum Gasteiger partial charge on any atom is -0.468 e. The molecule has 0 amide bonds. The van der Waals surface area contributed by atoms with Crippen molar-refractivity contribution in [2.24, 2.45) is 0 Å². The lowest BCUT2D eigenvalue weighted by Gasteiger charge is -2.16. The average Bonchev–Trinajstić information content (AvgIpc) is 2.61. The topological polar surface area (TPSA) is 47.6 Å². The fraction of sp³-hybridized carbons (Fsp3) is 0.667. The smallest absolute Gasteiger partial charge is 0.325 e. The Bertz CT molecular complexity index is 198. The molecule has 4 nitrogen and oxygen atoms in total. The zero-order valence-electron chi connectivity index (χ0n) is 8.19. The molecule has 0 spiro atoms. The molecule has 82 valence electrons. The Morgan fingerprint density at radius 3 is 3.00 bits per heavy atom. The SMILES string of the molecule is C=CCO[C@H]1CCN[C@@H]1C(=O)OC.Cl. The molecule has 1 fully saturated rings. The van der Waals surface area contributed by atoms with Crippen LogP contribution in [0.25, 0.3) is 0 Å². The van der Waals surface area contributed by atoms with E-state index in [0.717, 1.165) is 13.0 Å². The summed E-state index contributed by atoms with van der Waals surface area (Å²) in [6, 6.07) is -0.315. The van der Waals surface area contributed by atoms with E-state index in [-0.39, 0.29) is 30.5 Å². The van der Waals surface area contributed by atoms with Crippen molar-refractivity contribution in [3.63, 3.8) is 0 Å². The number of rotatable bonds is 4. The lowest BCUT2D eigenvalue weighted by Crippen LogP contribution is -2.40. The number of nitrogens with one attached hydrogen (secondary N) is 1. The first-order valence-corrected chi connectivity index (χ1v) is 4.33. The van der Waals surface area contributed by atoms with Crippen LogP contribution in [0.15, 0.2) is 12.7 Å². The molecular formula is C9H16ClNO3. The Kier molecular flexibility index (Phi) is 6.53. The Morgan fingerprint density at radius 1 is 1.71 bits per heavy atom. The molecule has 0 unspecified atom stereocenters. The Morgan fingerprint density at radius 2 is 2.43 bits per heavy atom. The maximum Gasteiger partial charge on any atom is 0.325 e.